The van der Waals surface area contributed by atoms with E-state index < -0.39 is 0 Å². The van der Waals surface area contributed by atoms with Crippen LogP contribution in [0.2, 0.25) is 0 Å². The molecule has 0 bridgehead atoms. The Labute approximate surface area is 176 Å². The standard InChI is InChI=1S/C24H25N5O/c1-18-5-4-8-21(27-18)23(30)29-16-19-6-2-3-7-20(19)24(17-29)9-13-28(14-10-24)22-15-25-11-12-26-22/h2-8,11-12,15H,9-10,13-14,16-17H2,1H3. The number of fused-ring (bicyclic) bond motifs is 2. The van der Waals surface area contributed by atoms with Gasteiger partial charge in [0.1, 0.15) is 11.5 Å². The molecule has 30 heavy (non-hydrogen) atoms. The summed E-state index contributed by atoms with van der Waals surface area (Å²) in [7, 11) is 0. The molecule has 6 nitrogen and oxygen atoms in total. The van der Waals surface area contributed by atoms with Gasteiger partial charge in [-0.25, -0.2) is 9.97 Å². The molecule has 2 aliphatic heterocycles. The summed E-state index contributed by atoms with van der Waals surface area (Å²) in [5, 5.41) is 0. The summed E-state index contributed by atoms with van der Waals surface area (Å²) in [4.78, 5) is 30.7. The number of benzene rings is 1. The summed E-state index contributed by atoms with van der Waals surface area (Å²) in [5.41, 5.74) is 4.00. The molecule has 0 saturated carbocycles. The smallest absolute Gasteiger partial charge is 0.272 e. The van der Waals surface area contributed by atoms with Crippen molar-refractivity contribution in [2.45, 2.75) is 31.7 Å². The van der Waals surface area contributed by atoms with Crippen molar-refractivity contribution in [3.8, 4) is 0 Å². The maximum atomic E-state index is 13.3. The van der Waals surface area contributed by atoms with E-state index in [-0.39, 0.29) is 11.3 Å². The van der Waals surface area contributed by atoms with Crippen molar-refractivity contribution < 1.29 is 4.79 Å². The second kappa shape index (κ2) is 7.52. The van der Waals surface area contributed by atoms with Crippen LogP contribution in [0, 0.1) is 6.92 Å². The van der Waals surface area contributed by atoms with Gasteiger partial charge in [-0.1, -0.05) is 30.3 Å². The monoisotopic (exact) mass is 399 g/mol. The van der Waals surface area contributed by atoms with Crippen LogP contribution in [0.4, 0.5) is 5.82 Å². The Morgan fingerprint density at radius 2 is 1.87 bits per heavy atom. The van der Waals surface area contributed by atoms with Crippen molar-refractivity contribution >= 4 is 11.7 Å². The molecule has 1 aromatic carbocycles. The summed E-state index contributed by atoms with van der Waals surface area (Å²) in [6.45, 7) is 5.09. The van der Waals surface area contributed by atoms with Crippen molar-refractivity contribution in [3.63, 3.8) is 0 Å². The van der Waals surface area contributed by atoms with Crippen LogP contribution >= 0.6 is 0 Å². The number of carbonyl (C=O) groups excluding carboxylic acids is 1. The van der Waals surface area contributed by atoms with Crippen molar-refractivity contribution in [1.82, 2.24) is 19.9 Å². The van der Waals surface area contributed by atoms with Gasteiger partial charge in [0.25, 0.3) is 5.91 Å². The molecule has 5 rings (SSSR count). The topological polar surface area (TPSA) is 62.2 Å². The summed E-state index contributed by atoms with van der Waals surface area (Å²) < 4.78 is 0. The van der Waals surface area contributed by atoms with E-state index in [1.807, 2.05) is 36.2 Å². The minimum absolute atomic E-state index is 0.0175. The third-order valence-electron chi connectivity index (χ3n) is 6.43. The summed E-state index contributed by atoms with van der Waals surface area (Å²) in [5.74, 6) is 0.942. The molecular formula is C24H25N5O. The molecule has 152 valence electrons. The van der Waals surface area contributed by atoms with E-state index in [1.54, 1.807) is 12.4 Å². The summed E-state index contributed by atoms with van der Waals surface area (Å²) in [6.07, 6.45) is 7.23. The molecule has 0 N–H and O–H groups in total. The van der Waals surface area contributed by atoms with Crippen LogP contribution < -0.4 is 4.90 Å². The van der Waals surface area contributed by atoms with Crippen LogP contribution in [0.5, 0.6) is 0 Å². The van der Waals surface area contributed by atoms with Crippen molar-refractivity contribution in [2.75, 3.05) is 24.5 Å². The number of hydrogen-bond donors (Lipinski definition) is 0. The predicted molar refractivity (Wildman–Crippen MR) is 115 cm³/mol. The Bertz CT molecular complexity index is 1060. The Morgan fingerprint density at radius 3 is 2.63 bits per heavy atom. The lowest BCUT2D eigenvalue weighted by atomic mass is 9.68. The normalized spacial score (nSPS) is 17.6. The van der Waals surface area contributed by atoms with Gasteiger partial charge in [0, 0.05) is 49.7 Å². The molecule has 1 amide bonds. The van der Waals surface area contributed by atoms with Crippen molar-refractivity contribution in [2.24, 2.45) is 0 Å². The van der Waals surface area contributed by atoms with Gasteiger partial charge in [-0.3, -0.25) is 9.78 Å². The molecule has 0 radical (unpaired) electrons. The van der Waals surface area contributed by atoms with Crippen molar-refractivity contribution in [3.05, 3.63) is 83.6 Å². The lowest BCUT2D eigenvalue weighted by molar-refractivity contribution is 0.0641. The number of aryl methyl sites for hydroxylation is 1. The first-order valence-electron chi connectivity index (χ1n) is 10.5. The molecule has 4 heterocycles. The summed E-state index contributed by atoms with van der Waals surface area (Å²) in [6, 6.07) is 14.2. The van der Waals surface area contributed by atoms with Crippen LogP contribution in [-0.2, 0) is 12.0 Å². The quantitative estimate of drug-likeness (QED) is 0.661. The van der Waals surface area contributed by atoms with E-state index in [4.69, 9.17) is 0 Å². The molecule has 1 spiro atoms. The Kier molecular flexibility index (Phi) is 4.69. The van der Waals surface area contributed by atoms with E-state index in [0.29, 0.717) is 12.2 Å². The first-order valence-corrected chi connectivity index (χ1v) is 10.5. The molecule has 1 saturated heterocycles. The number of amides is 1. The fourth-order valence-electron chi connectivity index (χ4n) is 4.90. The van der Waals surface area contributed by atoms with Gasteiger partial charge in [-0.15, -0.1) is 0 Å². The van der Waals surface area contributed by atoms with Gasteiger partial charge >= 0.3 is 0 Å². The first-order chi connectivity index (χ1) is 14.6. The van der Waals surface area contributed by atoms with E-state index in [1.165, 1.54) is 11.1 Å². The number of aromatic nitrogens is 3. The number of hydrogen-bond acceptors (Lipinski definition) is 5. The minimum atomic E-state index is -0.0347. The SMILES string of the molecule is Cc1cccc(C(=O)N2Cc3ccccc3C3(CCN(c4cnccn4)CC3)C2)n1. The van der Waals surface area contributed by atoms with Crippen LogP contribution in [0.3, 0.4) is 0 Å². The van der Waals surface area contributed by atoms with Gasteiger partial charge in [0.2, 0.25) is 0 Å². The number of pyridine rings is 1. The molecule has 0 aliphatic carbocycles. The number of anilines is 1. The summed E-state index contributed by atoms with van der Waals surface area (Å²) >= 11 is 0. The third kappa shape index (κ3) is 3.32. The average molecular weight is 399 g/mol. The van der Waals surface area contributed by atoms with Gasteiger partial charge in [0.05, 0.1) is 6.20 Å². The van der Waals surface area contributed by atoms with Gasteiger partial charge in [0.15, 0.2) is 0 Å². The lowest BCUT2D eigenvalue weighted by Gasteiger charge is -2.48. The van der Waals surface area contributed by atoms with Gasteiger partial charge in [-0.05, 0) is 43.0 Å². The van der Waals surface area contributed by atoms with E-state index in [2.05, 4.69) is 44.1 Å². The van der Waals surface area contributed by atoms with E-state index >= 15 is 0 Å². The van der Waals surface area contributed by atoms with Crippen LogP contribution in [0.25, 0.3) is 0 Å². The maximum absolute atomic E-state index is 13.3. The third-order valence-corrected chi connectivity index (χ3v) is 6.43. The number of rotatable bonds is 2. The predicted octanol–water partition coefficient (Wildman–Crippen LogP) is 3.37. The molecular weight excluding hydrogens is 374 g/mol. The Balaban J connectivity index is 1.44. The number of piperidine rings is 1. The second-order valence-electron chi connectivity index (χ2n) is 8.31. The molecule has 3 aromatic rings. The fourth-order valence-corrected chi connectivity index (χ4v) is 4.90. The second-order valence-corrected chi connectivity index (χ2v) is 8.31. The van der Waals surface area contributed by atoms with E-state index in [9.17, 15) is 4.79 Å². The molecule has 1 fully saturated rings. The highest BCUT2D eigenvalue weighted by molar-refractivity contribution is 5.92. The van der Waals surface area contributed by atoms with Gasteiger partial charge < -0.3 is 9.80 Å². The molecule has 0 unspecified atom stereocenters. The highest BCUT2D eigenvalue weighted by Crippen LogP contribution is 2.42. The molecule has 2 aliphatic rings. The Morgan fingerprint density at radius 1 is 1.03 bits per heavy atom. The molecule has 0 atom stereocenters. The van der Waals surface area contributed by atoms with Gasteiger partial charge in [-0.2, -0.15) is 0 Å². The maximum Gasteiger partial charge on any atom is 0.272 e. The fraction of sp³-hybridized carbons (Fsp3) is 0.333. The molecule has 2 aromatic heterocycles. The number of carbonyl (C=O) groups is 1. The number of nitrogens with zero attached hydrogens (tertiary/aromatic N) is 5. The van der Waals surface area contributed by atoms with E-state index in [0.717, 1.165) is 44.0 Å². The zero-order valence-electron chi connectivity index (χ0n) is 17.2. The van der Waals surface area contributed by atoms with Crippen molar-refractivity contribution in [1.29, 1.82) is 0 Å². The average Bonchev–Trinajstić information content (AvgIpc) is 2.80. The van der Waals surface area contributed by atoms with Crippen LogP contribution in [0.1, 0.15) is 40.2 Å². The highest BCUT2D eigenvalue weighted by Gasteiger charge is 2.43. The highest BCUT2D eigenvalue weighted by atomic mass is 16.2. The molecule has 6 heteroatoms. The zero-order valence-corrected chi connectivity index (χ0v) is 17.2. The Hall–Kier alpha value is -3.28. The largest absolute Gasteiger partial charge is 0.355 e. The lowest BCUT2D eigenvalue weighted by Crippen LogP contribution is -2.53. The minimum Gasteiger partial charge on any atom is -0.355 e. The first kappa shape index (κ1) is 18.7. The van der Waals surface area contributed by atoms with Crippen LogP contribution in [0.15, 0.2) is 61.1 Å². The zero-order chi connectivity index (χ0) is 20.6. The van der Waals surface area contributed by atoms with Crippen LogP contribution in [-0.4, -0.2) is 45.4 Å².